The van der Waals surface area contributed by atoms with Gasteiger partial charge in [0.1, 0.15) is 16.4 Å². The predicted molar refractivity (Wildman–Crippen MR) is 104 cm³/mol. The quantitative estimate of drug-likeness (QED) is 0.715. The van der Waals surface area contributed by atoms with E-state index in [2.05, 4.69) is 0 Å². The topological polar surface area (TPSA) is 71.9 Å². The van der Waals surface area contributed by atoms with Crippen molar-refractivity contribution in [3.8, 4) is 0 Å². The third-order valence-corrected chi connectivity index (χ3v) is 7.22. The van der Waals surface area contributed by atoms with Gasteiger partial charge in [-0.15, -0.1) is 0 Å². The molecule has 2 aromatic rings. The molecular formula is C20H24FN3O4S. The maximum absolute atomic E-state index is 14.1. The fourth-order valence-corrected chi connectivity index (χ4v) is 5.01. The molecule has 1 aliphatic heterocycles. The van der Waals surface area contributed by atoms with E-state index >= 15 is 0 Å². The molecule has 0 unspecified atom stereocenters. The van der Waals surface area contributed by atoms with Crippen molar-refractivity contribution in [1.82, 2.24) is 13.8 Å². The number of amides is 1. The standard InChI is InChI=1S/C20H24FN3O4S/c1-22-14-17(29(26,27)23-8-10-28-11-9-23)12-19(22)20(25)24(16-6-7-16)13-15-4-2-3-5-18(15)21/h2-5,12,14,16H,6-11,13H2,1H3. The largest absolute Gasteiger partial charge is 0.379 e. The first kappa shape index (κ1) is 20.1. The second-order valence-electron chi connectivity index (χ2n) is 7.44. The van der Waals surface area contributed by atoms with Gasteiger partial charge in [0.25, 0.3) is 5.91 Å². The van der Waals surface area contributed by atoms with E-state index in [1.54, 1.807) is 30.1 Å². The molecule has 0 N–H and O–H groups in total. The van der Waals surface area contributed by atoms with Crippen molar-refractivity contribution in [2.45, 2.75) is 30.3 Å². The van der Waals surface area contributed by atoms with E-state index in [0.29, 0.717) is 31.9 Å². The van der Waals surface area contributed by atoms with E-state index in [9.17, 15) is 17.6 Å². The molecule has 1 amide bonds. The Hall–Kier alpha value is -2.23. The first-order valence-corrected chi connectivity index (χ1v) is 11.1. The summed E-state index contributed by atoms with van der Waals surface area (Å²) in [4.78, 5) is 15.0. The van der Waals surface area contributed by atoms with Gasteiger partial charge in [0.15, 0.2) is 0 Å². The Balaban J connectivity index is 1.60. The molecule has 2 fully saturated rings. The molecule has 0 radical (unpaired) electrons. The number of ether oxygens (including phenoxy) is 1. The zero-order valence-electron chi connectivity index (χ0n) is 16.3. The summed E-state index contributed by atoms with van der Waals surface area (Å²) in [7, 11) is -2.04. The van der Waals surface area contributed by atoms with Gasteiger partial charge in [0, 0.05) is 44.5 Å². The number of rotatable bonds is 6. The molecule has 0 spiro atoms. The highest BCUT2D eigenvalue weighted by molar-refractivity contribution is 7.89. The Bertz CT molecular complexity index is 1010. The highest BCUT2D eigenvalue weighted by Crippen LogP contribution is 2.31. The van der Waals surface area contributed by atoms with Crippen LogP contribution in [0, 0.1) is 5.82 Å². The van der Waals surface area contributed by atoms with Crippen molar-refractivity contribution in [1.29, 1.82) is 0 Å². The highest BCUT2D eigenvalue weighted by atomic mass is 32.2. The molecule has 156 valence electrons. The molecule has 1 aromatic heterocycles. The number of aromatic nitrogens is 1. The van der Waals surface area contributed by atoms with Gasteiger partial charge in [-0.3, -0.25) is 4.79 Å². The number of carbonyl (C=O) groups excluding carboxylic acids is 1. The molecule has 4 rings (SSSR count). The number of halogens is 1. The summed E-state index contributed by atoms with van der Waals surface area (Å²) in [6, 6.07) is 7.86. The zero-order chi connectivity index (χ0) is 20.6. The Morgan fingerprint density at radius 2 is 1.93 bits per heavy atom. The Morgan fingerprint density at radius 3 is 2.59 bits per heavy atom. The van der Waals surface area contributed by atoms with E-state index in [1.165, 1.54) is 27.2 Å². The van der Waals surface area contributed by atoms with Gasteiger partial charge < -0.3 is 14.2 Å². The number of hydrogen-bond acceptors (Lipinski definition) is 4. The van der Waals surface area contributed by atoms with Crippen LogP contribution in [0.1, 0.15) is 28.9 Å². The van der Waals surface area contributed by atoms with Crippen LogP contribution in [0.25, 0.3) is 0 Å². The first-order chi connectivity index (χ1) is 13.9. The number of aryl methyl sites for hydroxylation is 1. The van der Waals surface area contributed by atoms with Crippen LogP contribution in [-0.4, -0.2) is 60.4 Å². The minimum absolute atomic E-state index is 0.0521. The number of hydrogen-bond donors (Lipinski definition) is 0. The highest BCUT2D eigenvalue weighted by Gasteiger charge is 2.36. The van der Waals surface area contributed by atoms with E-state index < -0.39 is 10.0 Å². The van der Waals surface area contributed by atoms with Crippen molar-refractivity contribution in [2.75, 3.05) is 26.3 Å². The third kappa shape index (κ3) is 4.08. The lowest BCUT2D eigenvalue weighted by molar-refractivity contribution is 0.0718. The minimum atomic E-state index is -3.69. The molecule has 2 aliphatic rings. The first-order valence-electron chi connectivity index (χ1n) is 9.66. The molecule has 0 bridgehead atoms. The molecule has 1 aliphatic carbocycles. The summed E-state index contributed by atoms with van der Waals surface area (Å²) in [5.41, 5.74) is 0.725. The third-order valence-electron chi connectivity index (χ3n) is 5.35. The van der Waals surface area contributed by atoms with Crippen LogP contribution < -0.4 is 0 Å². The summed E-state index contributed by atoms with van der Waals surface area (Å²) >= 11 is 0. The van der Waals surface area contributed by atoms with Crippen LogP contribution in [-0.2, 0) is 28.4 Å². The molecule has 2 heterocycles. The van der Waals surface area contributed by atoms with E-state index in [0.717, 1.165) is 12.8 Å². The lowest BCUT2D eigenvalue weighted by atomic mass is 10.2. The summed E-state index contributed by atoms with van der Waals surface area (Å²) in [6.45, 7) is 1.46. The number of benzene rings is 1. The molecule has 29 heavy (non-hydrogen) atoms. The Labute approximate surface area is 169 Å². The number of nitrogens with zero attached hydrogens (tertiary/aromatic N) is 3. The van der Waals surface area contributed by atoms with Crippen molar-refractivity contribution < 1.29 is 22.3 Å². The number of morpholine rings is 1. The SMILES string of the molecule is Cn1cc(S(=O)(=O)N2CCOCC2)cc1C(=O)N(Cc1ccccc1F)C1CC1. The molecule has 1 aromatic carbocycles. The smallest absolute Gasteiger partial charge is 0.271 e. The molecular weight excluding hydrogens is 397 g/mol. The molecule has 1 saturated carbocycles. The van der Waals surface area contributed by atoms with Gasteiger partial charge in [0.05, 0.1) is 13.2 Å². The lowest BCUT2D eigenvalue weighted by Crippen LogP contribution is -2.40. The normalized spacial score (nSPS) is 18.0. The maximum atomic E-state index is 14.1. The van der Waals surface area contributed by atoms with Crippen molar-refractivity contribution in [2.24, 2.45) is 7.05 Å². The average Bonchev–Trinajstić information content (AvgIpc) is 3.48. The second kappa shape index (κ2) is 7.89. The van der Waals surface area contributed by atoms with Gasteiger partial charge in [-0.05, 0) is 25.0 Å². The van der Waals surface area contributed by atoms with Crippen LogP contribution in [0.5, 0.6) is 0 Å². The molecule has 1 saturated heterocycles. The second-order valence-corrected chi connectivity index (χ2v) is 9.38. The van der Waals surface area contributed by atoms with Crippen molar-refractivity contribution >= 4 is 15.9 Å². The summed E-state index contributed by atoms with van der Waals surface area (Å²) < 4.78 is 48.1. The van der Waals surface area contributed by atoms with Gasteiger partial charge in [-0.25, -0.2) is 12.8 Å². The van der Waals surface area contributed by atoms with E-state index in [1.807, 2.05) is 0 Å². The fourth-order valence-electron chi connectivity index (χ4n) is 3.53. The van der Waals surface area contributed by atoms with Gasteiger partial charge in [0.2, 0.25) is 10.0 Å². The number of sulfonamides is 1. The predicted octanol–water partition coefficient (Wildman–Crippen LogP) is 1.99. The van der Waals surface area contributed by atoms with Crippen LogP contribution in [0.3, 0.4) is 0 Å². The van der Waals surface area contributed by atoms with Crippen molar-refractivity contribution in [3.05, 3.63) is 53.6 Å². The van der Waals surface area contributed by atoms with Crippen LogP contribution in [0.2, 0.25) is 0 Å². The van der Waals surface area contributed by atoms with E-state index in [-0.39, 0.29) is 34.9 Å². The molecule has 7 nitrogen and oxygen atoms in total. The maximum Gasteiger partial charge on any atom is 0.271 e. The van der Waals surface area contributed by atoms with Crippen LogP contribution in [0.4, 0.5) is 4.39 Å². The summed E-state index contributed by atoms with van der Waals surface area (Å²) in [5, 5.41) is 0. The van der Waals surface area contributed by atoms with Crippen LogP contribution >= 0.6 is 0 Å². The monoisotopic (exact) mass is 421 g/mol. The Morgan fingerprint density at radius 1 is 1.24 bits per heavy atom. The lowest BCUT2D eigenvalue weighted by Gasteiger charge is -2.25. The fraction of sp³-hybridized carbons (Fsp3) is 0.450. The summed E-state index contributed by atoms with van der Waals surface area (Å²) in [5.74, 6) is -0.643. The zero-order valence-corrected chi connectivity index (χ0v) is 17.1. The molecule has 0 atom stereocenters. The van der Waals surface area contributed by atoms with Gasteiger partial charge in [-0.1, -0.05) is 18.2 Å². The average molecular weight is 421 g/mol. The van der Waals surface area contributed by atoms with E-state index in [4.69, 9.17) is 4.74 Å². The van der Waals surface area contributed by atoms with Gasteiger partial charge in [-0.2, -0.15) is 4.31 Å². The van der Waals surface area contributed by atoms with Gasteiger partial charge >= 0.3 is 0 Å². The van der Waals surface area contributed by atoms with Crippen molar-refractivity contribution in [3.63, 3.8) is 0 Å². The molecule has 9 heteroatoms. The van der Waals surface area contributed by atoms with Crippen LogP contribution in [0.15, 0.2) is 41.4 Å². The summed E-state index contributed by atoms with van der Waals surface area (Å²) in [6.07, 6.45) is 3.19. The Kier molecular flexibility index (Phi) is 5.46. The minimum Gasteiger partial charge on any atom is -0.379 e. The number of carbonyl (C=O) groups is 1.